The standard InChI is InChI=1S/C23H27NO3/c1-4-11-18-16-20-22(17(3)21(18)23(25)26-5-2)24(14-9-10-15-27-20)19-12-7-6-8-13-19/h6-10,12-13,16H,4-5,11,14-15H2,1-3H3/b10-9-. The Morgan fingerprint density at radius 1 is 1.19 bits per heavy atom. The molecular weight excluding hydrogens is 338 g/mol. The van der Waals surface area contributed by atoms with Crippen LogP contribution in [0.3, 0.4) is 0 Å². The molecule has 2 aromatic rings. The maximum atomic E-state index is 12.7. The Kier molecular flexibility index (Phi) is 6.17. The Balaban J connectivity index is 2.22. The fourth-order valence-electron chi connectivity index (χ4n) is 3.56. The van der Waals surface area contributed by atoms with E-state index in [1.807, 2.05) is 44.2 Å². The number of carbonyl (C=O) groups excluding carboxylic acids is 1. The third-order valence-electron chi connectivity index (χ3n) is 4.72. The predicted molar refractivity (Wildman–Crippen MR) is 109 cm³/mol. The number of esters is 1. The van der Waals surface area contributed by atoms with E-state index in [1.54, 1.807) is 0 Å². The van der Waals surface area contributed by atoms with E-state index in [0.29, 0.717) is 18.8 Å². The molecule has 1 heterocycles. The summed E-state index contributed by atoms with van der Waals surface area (Å²) in [5.41, 5.74) is 4.58. The summed E-state index contributed by atoms with van der Waals surface area (Å²) in [5, 5.41) is 0. The number of hydrogen-bond donors (Lipinski definition) is 0. The zero-order valence-corrected chi connectivity index (χ0v) is 16.3. The number of anilines is 2. The largest absolute Gasteiger partial charge is 0.487 e. The van der Waals surface area contributed by atoms with Crippen molar-refractivity contribution in [3.63, 3.8) is 0 Å². The van der Waals surface area contributed by atoms with Crippen LogP contribution < -0.4 is 9.64 Å². The van der Waals surface area contributed by atoms with Crippen molar-refractivity contribution in [1.29, 1.82) is 0 Å². The molecule has 1 aliphatic rings. The van der Waals surface area contributed by atoms with Crippen molar-refractivity contribution in [2.45, 2.75) is 33.6 Å². The van der Waals surface area contributed by atoms with Crippen molar-refractivity contribution >= 4 is 17.3 Å². The molecule has 0 aromatic heterocycles. The highest BCUT2D eigenvalue weighted by Crippen LogP contribution is 2.41. The second-order valence-electron chi connectivity index (χ2n) is 6.58. The summed E-state index contributed by atoms with van der Waals surface area (Å²) in [7, 11) is 0. The van der Waals surface area contributed by atoms with Crippen molar-refractivity contribution in [3.8, 4) is 5.75 Å². The number of rotatable bonds is 5. The van der Waals surface area contributed by atoms with E-state index < -0.39 is 0 Å². The summed E-state index contributed by atoms with van der Waals surface area (Å²) in [5.74, 6) is 0.559. The fraction of sp³-hybridized carbons (Fsp3) is 0.348. The summed E-state index contributed by atoms with van der Waals surface area (Å²) in [6.07, 6.45) is 5.89. The minimum absolute atomic E-state index is 0.258. The third kappa shape index (κ3) is 4.00. The van der Waals surface area contributed by atoms with Crippen molar-refractivity contribution in [3.05, 3.63) is 65.2 Å². The van der Waals surface area contributed by atoms with Crippen LogP contribution in [0, 0.1) is 6.92 Å². The van der Waals surface area contributed by atoms with Crippen molar-refractivity contribution in [1.82, 2.24) is 0 Å². The normalized spacial score (nSPS) is 14.6. The highest BCUT2D eigenvalue weighted by Gasteiger charge is 2.26. The molecule has 0 saturated carbocycles. The molecule has 0 atom stereocenters. The van der Waals surface area contributed by atoms with E-state index >= 15 is 0 Å². The van der Waals surface area contributed by atoms with Crippen LogP contribution in [0.15, 0.2) is 48.6 Å². The maximum Gasteiger partial charge on any atom is 0.338 e. The van der Waals surface area contributed by atoms with Gasteiger partial charge in [0.25, 0.3) is 0 Å². The SMILES string of the molecule is CCCc1cc2c(c(C)c1C(=O)OCC)N(c1ccccc1)C/C=C\CO2. The Bertz CT molecular complexity index is 827. The van der Waals surface area contributed by atoms with Gasteiger partial charge in [0.2, 0.25) is 0 Å². The zero-order valence-electron chi connectivity index (χ0n) is 16.3. The Labute approximate surface area is 161 Å². The highest BCUT2D eigenvalue weighted by atomic mass is 16.5. The molecule has 3 rings (SSSR count). The van der Waals surface area contributed by atoms with Gasteiger partial charge in [0.15, 0.2) is 0 Å². The molecule has 0 aliphatic carbocycles. The second-order valence-corrected chi connectivity index (χ2v) is 6.58. The van der Waals surface area contributed by atoms with Crippen molar-refractivity contribution in [2.75, 3.05) is 24.7 Å². The lowest BCUT2D eigenvalue weighted by Gasteiger charge is -2.30. The van der Waals surface area contributed by atoms with E-state index in [0.717, 1.165) is 47.6 Å². The molecule has 0 saturated heterocycles. The van der Waals surface area contributed by atoms with Gasteiger partial charge in [0.05, 0.1) is 17.9 Å². The van der Waals surface area contributed by atoms with Gasteiger partial charge in [-0.05, 0) is 55.7 Å². The summed E-state index contributed by atoms with van der Waals surface area (Å²) in [4.78, 5) is 14.9. The van der Waals surface area contributed by atoms with Crippen molar-refractivity contribution < 1.29 is 14.3 Å². The van der Waals surface area contributed by atoms with Crippen LogP contribution in [-0.4, -0.2) is 25.7 Å². The average molecular weight is 365 g/mol. The first-order valence-corrected chi connectivity index (χ1v) is 9.61. The van der Waals surface area contributed by atoms with E-state index in [1.165, 1.54) is 0 Å². The van der Waals surface area contributed by atoms with Gasteiger partial charge in [-0.15, -0.1) is 0 Å². The number of para-hydroxylation sites is 1. The second kappa shape index (κ2) is 8.76. The summed E-state index contributed by atoms with van der Waals surface area (Å²) >= 11 is 0. The number of carbonyl (C=O) groups is 1. The Hall–Kier alpha value is -2.75. The lowest BCUT2D eigenvalue weighted by Crippen LogP contribution is -2.23. The molecule has 0 fully saturated rings. The highest BCUT2D eigenvalue weighted by molar-refractivity contribution is 5.96. The Morgan fingerprint density at radius 3 is 2.67 bits per heavy atom. The first-order valence-electron chi connectivity index (χ1n) is 9.61. The van der Waals surface area contributed by atoms with Gasteiger partial charge >= 0.3 is 5.97 Å². The molecule has 4 heteroatoms. The van der Waals surface area contributed by atoms with Gasteiger partial charge in [0, 0.05) is 12.2 Å². The molecule has 0 unspecified atom stereocenters. The number of nitrogens with zero attached hydrogens (tertiary/aromatic N) is 1. The van der Waals surface area contributed by atoms with E-state index in [2.05, 4.69) is 30.0 Å². The fourth-order valence-corrected chi connectivity index (χ4v) is 3.56. The van der Waals surface area contributed by atoms with Gasteiger partial charge < -0.3 is 14.4 Å². The summed E-state index contributed by atoms with van der Waals surface area (Å²) < 4.78 is 11.4. The molecule has 142 valence electrons. The van der Waals surface area contributed by atoms with Crippen LogP contribution in [0.5, 0.6) is 5.75 Å². The van der Waals surface area contributed by atoms with Gasteiger partial charge in [-0.3, -0.25) is 0 Å². The quantitative estimate of drug-likeness (QED) is 0.538. The van der Waals surface area contributed by atoms with Crippen LogP contribution in [-0.2, 0) is 11.2 Å². The van der Waals surface area contributed by atoms with Crippen LogP contribution in [0.2, 0.25) is 0 Å². The van der Waals surface area contributed by atoms with Crippen LogP contribution >= 0.6 is 0 Å². The van der Waals surface area contributed by atoms with Gasteiger partial charge in [-0.1, -0.05) is 37.6 Å². The number of benzene rings is 2. The smallest absolute Gasteiger partial charge is 0.338 e. The number of fused-ring (bicyclic) bond motifs is 1. The number of hydrogen-bond acceptors (Lipinski definition) is 4. The molecule has 0 radical (unpaired) electrons. The van der Waals surface area contributed by atoms with Crippen LogP contribution in [0.4, 0.5) is 11.4 Å². The van der Waals surface area contributed by atoms with Gasteiger partial charge in [-0.25, -0.2) is 4.79 Å². The minimum Gasteiger partial charge on any atom is -0.487 e. The monoisotopic (exact) mass is 365 g/mol. The van der Waals surface area contributed by atoms with E-state index in [9.17, 15) is 4.79 Å². The molecule has 0 bridgehead atoms. The average Bonchev–Trinajstić information content (AvgIpc) is 2.64. The molecule has 0 amide bonds. The number of aryl methyl sites for hydroxylation is 1. The first kappa shape index (κ1) is 19.0. The molecule has 1 aliphatic heterocycles. The van der Waals surface area contributed by atoms with Gasteiger partial charge in [-0.2, -0.15) is 0 Å². The molecular formula is C23H27NO3. The number of ether oxygens (including phenoxy) is 2. The predicted octanol–water partition coefficient (Wildman–Crippen LogP) is 5.21. The van der Waals surface area contributed by atoms with E-state index in [4.69, 9.17) is 9.47 Å². The molecule has 4 nitrogen and oxygen atoms in total. The zero-order chi connectivity index (χ0) is 19.2. The maximum absolute atomic E-state index is 12.7. The molecule has 0 N–H and O–H groups in total. The van der Waals surface area contributed by atoms with Gasteiger partial charge in [0.1, 0.15) is 12.4 Å². The lowest BCUT2D eigenvalue weighted by atomic mass is 9.95. The van der Waals surface area contributed by atoms with Crippen LogP contribution in [0.25, 0.3) is 0 Å². The van der Waals surface area contributed by atoms with Crippen LogP contribution in [0.1, 0.15) is 41.8 Å². The summed E-state index contributed by atoms with van der Waals surface area (Å²) in [6, 6.07) is 12.2. The summed E-state index contributed by atoms with van der Waals surface area (Å²) in [6.45, 7) is 7.55. The Morgan fingerprint density at radius 2 is 1.96 bits per heavy atom. The topological polar surface area (TPSA) is 38.8 Å². The molecule has 2 aromatic carbocycles. The van der Waals surface area contributed by atoms with Crippen molar-refractivity contribution in [2.24, 2.45) is 0 Å². The molecule has 27 heavy (non-hydrogen) atoms. The first-order chi connectivity index (χ1) is 13.2. The van der Waals surface area contributed by atoms with E-state index in [-0.39, 0.29) is 5.97 Å². The molecule has 0 spiro atoms. The third-order valence-corrected chi connectivity index (χ3v) is 4.72. The lowest BCUT2D eigenvalue weighted by molar-refractivity contribution is 0.0524. The minimum atomic E-state index is -0.258.